The van der Waals surface area contributed by atoms with E-state index in [1.807, 2.05) is 13.0 Å². The smallest absolute Gasteiger partial charge is 0.397 e. The van der Waals surface area contributed by atoms with Crippen molar-refractivity contribution in [2.75, 3.05) is 6.61 Å². The minimum absolute atomic E-state index is 0.0267. The minimum atomic E-state index is -0.410. The second kappa shape index (κ2) is 3.73. The topological polar surface area (TPSA) is 52.3 Å². The number of hydrogen-bond acceptors (Lipinski definition) is 4. The lowest BCUT2D eigenvalue weighted by Crippen LogP contribution is -2.05. The fourth-order valence-corrected chi connectivity index (χ4v) is 1.35. The summed E-state index contributed by atoms with van der Waals surface area (Å²) in [6.45, 7) is 4.14. The molecule has 1 heterocycles. The molecule has 78 valence electrons. The van der Waals surface area contributed by atoms with Crippen LogP contribution < -0.4 is 10.4 Å². The molecule has 0 saturated carbocycles. The molecule has 0 aliphatic carbocycles. The van der Waals surface area contributed by atoms with Gasteiger partial charge in [-0.15, -0.1) is 0 Å². The number of hydrogen-bond donors (Lipinski definition) is 0. The Kier molecular flexibility index (Phi) is 2.41. The normalized spacial score (nSPS) is 10.5. The molecular weight excluding hydrogens is 194 g/mol. The zero-order valence-corrected chi connectivity index (χ0v) is 8.61. The first-order chi connectivity index (χ1) is 7.20. The lowest BCUT2D eigenvalue weighted by atomic mass is 10.2. The Balaban J connectivity index is 2.67. The van der Waals surface area contributed by atoms with Gasteiger partial charge < -0.3 is 9.15 Å². The molecule has 0 aliphatic rings. The van der Waals surface area contributed by atoms with E-state index in [1.165, 1.54) is 0 Å². The van der Waals surface area contributed by atoms with Gasteiger partial charge >= 0.3 is 11.7 Å². The molecule has 1 aromatic carbocycles. The van der Waals surface area contributed by atoms with E-state index in [-0.39, 0.29) is 6.08 Å². The third-order valence-electron chi connectivity index (χ3n) is 2.03. The third-order valence-corrected chi connectivity index (χ3v) is 2.03. The highest BCUT2D eigenvalue weighted by Gasteiger charge is 2.06. The summed E-state index contributed by atoms with van der Waals surface area (Å²) in [7, 11) is 0. The molecule has 0 saturated heterocycles. The molecule has 0 spiro atoms. The molecule has 0 amide bonds. The van der Waals surface area contributed by atoms with E-state index in [4.69, 9.17) is 9.15 Å². The number of fused-ring (bicyclic) bond motifs is 1. The summed E-state index contributed by atoms with van der Waals surface area (Å²) < 4.78 is 9.94. The first-order valence-corrected chi connectivity index (χ1v) is 4.75. The maximum atomic E-state index is 11.5. The number of aromatic nitrogens is 1. The van der Waals surface area contributed by atoms with Gasteiger partial charge in [-0.05, 0) is 26.0 Å². The standard InChI is InChI=1S/C11H11NO3/c1-3-14-11-12-9-5-4-7(2)6-8(9)10(13)15-11/h4-6H,3H2,1-2H3. The summed E-state index contributed by atoms with van der Waals surface area (Å²) in [5, 5.41) is 0.485. The van der Waals surface area contributed by atoms with Crippen LogP contribution in [-0.4, -0.2) is 11.6 Å². The van der Waals surface area contributed by atoms with Gasteiger partial charge in [-0.2, -0.15) is 4.98 Å². The molecule has 4 heteroatoms. The van der Waals surface area contributed by atoms with E-state index >= 15 is 0 Å². The average molecular weight is 205 g/mol. The van der Waals surface area contributed by atoms with Gasteiger partial charge in [0.1, 0.15) is 0 Å². The monoisotopic (exact) mass is 205 g/mol. The van der Waals surface area contributed by atoms with Crippen LogP contribution in [0.4, 0.5) is 0 Å². The van der Waals surface area contributed by atoms with Crippen LogP contribution in [0.3, 0.4) is 0 Å². The summed E-state index contributed by atoms with van der Waals surface area (Å²) in [5.74, 6) is 0. The van der Waals surface area contributed by atoms with Crippen molar-refractivity contribution in [2.45, 2.75) is 13.8 Å². The summed E-state index contributed by atoms with van der Waals surface area (Å²) in [4.78, 5) is 15.6. The van der Waals surface area contributed by atoms with E-state index in [9.17, 15) is 4.79 Å². The van der Waals surface area contributed by atoms with Crippen LogP contribution in [0.5, 0.6) is 6.08 Å². The lowest BCUT2D eigenvalue weighted by molar-refractivity contribution is 0.229. The van der Waals surface area contributed by atoms with Crippen LogP contribution in [0.25, 0.3) is 10.9 Å². The highest BCUT2D eigenvalue weighted by molar-refractivity contribution is 5.77. The molecule has 1 aromatic heterocycles. The first-order valence-electron chi connectivity index (χ1n) is 4.75. The van der Waals surface area contributed by atoms with Crippen LogP contribution >= 0.6 is 0 Å². The fraction of sp³-hybridized carbons (Fsp3) is 0.273. The van der Waals surface area contributed by atoms with Crippen molar-refractivity contribution >= 4 is 10.9 Å². The van der Waals surface area contributed by atoms with E-state index in [0.29, 0.717) is 17.5 Å². The third kappa shape index (κ3) is 1.83. The summed E-state index contributed by atoms with van der Waals surface area (Å²) in [6.07, 6.45) is 0.0267. The maximum Gasteiger partial charge on any atom is 0.397 e. The van der Waals surface area contributed by atoms with Gasteiger partial charge in [0, 0.05) is 0 Å². The number of ether oxygens (including phenoxy) is 1. The maximum absolute atomic E-state index is 11.5. The molecule has 0 fully saturated rings. The Bertz CT molecular complexity index is 545. The van der Waals surface area contributed by atoms with Crippen molar-refractivity contribution in [1.82, 2.24) is 4.98 Å². The highest BCUT2D eigenvalue weighted by atomic mass is 16.6. The van der Waals surface area contributed by atoms with Crippen LogP contribution in [0.2, 0.25) is 0 Å². The fourth-order valence-electron chi connectivity index (χ4n) is 1.35. The molecule has 0 N–H and O–H groups in total. The van der Waals surface area contributed by atoms with E-state index in [1.54, 1.807) is 19.1 Å². The Morgan fingerprint density at radius 2 is 2.27 bits per heavy atom. The van der Waals surface area contributed by atoms with Gasteiger partial charge in [0.2, 0.25) is 0 Å². The molecule has 2 rings (SSSR count). The molecule has 0 atom stereocenters. The number of aryl methyl sites for hydroxylation is 1. The molecular formula is C11H11NO3. The first kappa shape index (κ1) is 9.71. The van der Waals surface area contributed by atoms with Gasteiger partial charge in [-0.1, -0.05) is 11.6 Å². The lowest BCUT2D eigenvalue weighted by Gasteiger charge is -2.01. The largest absolute Gasteiger partial charge is 0.450 e. The van der Waals surface area contributed by atoms with E-state index in [0.717, 1.165) is 5.56 Å². The summed E-state index contributed by atoms with van der Waals surface area (Å²) in [6, 6.07) is 5.43. The van der Waals surface area contributed by atoms with Crippen LogP contribution in [0.15, 0.2) is 27.4 Å². The predicted octanol–water partition coefficient (Wildman–Crippen LogP) is 1.90. The molecule has 2 aromatic rings. The van der Waals surface area contributed by atoms with Gasteiger partial charge in [0.25, 0.3) is 0 Å². The van der Waals surface area contributed by atoms with E-state index < -0.39 is 5.63 Å². The predicted molar refractivity (Wildman–Crippen MR) is 56.2 cm³/mol. The quantitative estimate of drug-likeness (QED) is 0.751. The number of rotatable bonds is 2. The van der Waals surface area contributed by atoms with Gasteiger partial charge in [0.15, 0.2) is 0 Å². The molecule has 0 aliphatic heterocycles. The van der Waals surface area contributed by atoms with Gasteiger partial charge in [0.05, 0.1) is 17.5 Å². The molecule has 0 radical (unpaired) electrons. The Morgan fingerprint density at radius 1 is 1.47 bits per heavy atom. The molecule has 15 heavy (non-hydrogen) atoms. The van der Waals surface area contributed by atoms with Crippen molar-refractivity contribution in [3.63, 3.8) is 0 Å². The van der Waals surface area contributed by atoms with Crippen molar-refractivity contribution in [3.8, 4) is 6.08 Å². The molecule has 0 unspecified atom stereocenters. The number of nitrogens with zero attached hydrogens (tertiary/aromatic N) is 1. The Hall–Kier alpha value is -1.84. The highest BCUT2D eigenvalue weighted by Crippen LogP contribution is 2.13. The number of benzene rings is 1. The van der Waals surface area contributed by atoms with Crippen molar-refractivity contribution in [2.24, 2.45) is 0 Å². The van der Waals surface area contributed by atoms with Crippen LogP contribution in [-0.2, 0) is 0 Å². The van der Waals surface area contributed by atoms with Crippen LogP contribution in [0, 0.1) is 6.92 Å². The molecule has 0 bridgehead atoms. The van der Waals surface area contributed by atoms with Crippen molar-refractivity contribution in [3.05, 3.63) is 34.2 Å². The summed E-state index contributed by atoms with van der Waals surface area (Å²) in [5.41, 5.74) is 1.19. The second-order valence-electron chi connectivity index (χ2n) is 3.22. The van der Waals surface area contributed by atoms with E-state index in [2.05, 4.69) is 4.98 Å². The summed E-state index contributed by atoms with van der Waals surface area (Å²) >= 11 is 0. The second-order valence-corrected chi connectivity index (χ2v) is 3.22. The zero-order chi connectivity index (χ0) is 10.8. The Morgan fingerprint density at radius 3 is 3.00 bits per heavy atom. The van der Waals surface area contributed by atoms with Crippen molar-refractivity contribution < 1.29 is 9.15 Å². The van der Waals surface area contributed by atoms with Gasteiger partial charge in [-0.3, -0.25) is 0 Å². The van der Waals surface area contributed by atoms with Crippen molar-refractivity contribution in [1.29, 1.82) is 0 Å². The van der Waals surface area contributed by atoms with Gasteiger partial charge in [-0.25, -0.2) is 4.79 Å². The van der Waals surface area contributed by atoms with Crippen LogP contribution in [0.1, 0.15) is 12.5 Å². The average Bonchev–Trinajstić information content (AvgIpc) is 2.20. The minimum Gasteiger partial charge on any atom is -0.450 e. The molecule has 4 nitrogen and oxygen atoms in total. The SMILES string of the molecule is CCOc1nc2ccc(C)cc2c(=O)o1. The zero-order valence-electron chi connectivity index (χ0n) is 8.61. The Labute approximate surface area is 86.5 Å².